The number of nitrogens with zero attached hydrogens (tertiary/aromatic N) is 1. The van der Waals surface area contributed by atoms with Gasteiger partial charge in [-0.3, -0.25) is 9.59 Å². The van der Waals surface area contributed by atoms with E-state index in [0.717, 1.165) is 5.38 Å². The van der Waals surface area contributed by atoms with E-state index in [-0.39, 0.29) is 23.9 Å². The van der Waals surface area contributed by atoms with Crippen molar-refractivity contribution >= 4 is 28.3 Å². The molecule has 0 fully saturated rings. The molecule has 0 aliphatic carbocycles. The molecule has 0 saturated carbocycles. The average Bonchev–Trinajstić information content (AvgIpc) is 3.08. The summed E-state index contributed by atoms with van der Waals surface area (Å²) in [7, 11) is 0. The van der Waals surface area contributed by atoms with Crippen molar-refractivity contribution in [1.29, 1.82) is 0 Å². The number of hydrogen-bond acceptors (Lipinski definition) is 5. The molecule has 0 aliphatic rings. The first-order valence-electron chi connectivity index (χ1n) is 6.00. The predicted molar refractivity (Wildman–Crippen MR) is 71.4 cm³/mol. The molecule has 2 N–H and O–H groups in total. The van der Waals surface area contributed by atoms with Crippen LogP contribution in [0.1, 0.15) is 22.7 Å². The maximum Gasteiger partial charge on any atom is 0.434 e. The second kappa shape index (κ2) is 6.60. The molecule has 0 bridgehead atoms. The van der Waals surface area contributed by atoms with E-state index in [1.807, 2.05) is 0 Å². The molecule has 0 aliphatic heterocycles. The van der Waals surface area contributed by atoms with E-state index in [1.54, 1.807) is 6.07 Å². The summed E-state index contributed by atoms with van der Waals surface area (Å²) in [5.41, 5.74) is -1.06. The van der Waals surface area contributed by atoms with Gasteiger partial charge in [-0.1, -0.05) is 0 Å². The highest BCUT2D eigenvalue weighted by Crippen LogP contribution is 2.31. The van der Waals surface area contributed by atoms with Crippen LogP contribution in [-0.2, 0) is 11.0 Å². The van der Waals surface area contributed by atoms with Gasteiger partial charge in [0.2, 0.25) is 5.91 Å². The third kappa shape index (κ3) is 4.32. The van der Waals surface area contributed by atoms with E-state index in [1.165, 1.54) is 12.3 Å². The van der Waals surface area contributed by atoms with E-state index in [2.05, 4.69) is 15.6 Å². The third-order valence-corrected chi connectivity index (χ3v) is 3.18. The van der Waals surface area contributed by atoms with Crippen LogP contribution in [0.25, 0.3) is 0 Å². The van der Waals surface area contributed by atoms with Crippen molar-refractivity contribution in [3.8, 4) is 0 Å². The largest absolute Gasteiger partial charge is 0.459 e. The number of furan rings is 1. The van der Waals surface area contributed by atoms with Crippen LogP contribution in [0.5, 0.6) is 0 Å². The highest BCUT2D eigenvalue weighted by molar-refractivity contribution is 7.13. The summed E-state index contributed by atoms with van der Waals surface area (Å²) in [5, 5.41) is 5.35. The smallest absolute Gasteiger partial charge is 0.434 e. The zero-order valence-corrected chi connectivity index (χ0v) is 11.8. The van der Waals surface area contributed by atoms with Gasteiger partial charge < -0.3 is 15.1 Å². The van der Waals surface area contributed by atoms with Crippen molar-refractivity contribution in [2.45, 2.75) is 12.6 Å². The molecule has 2 heterocycles. The number of halogens is 3. The van der Waals surface area contributed by atoms with Crippen molar-refractivity contribution in [2.75, 3.05) is 11.9 Å². The number of anilines is 1. The Balaban J connectivity index is 1.76. The Hall–Kier alpha value is -2.36. The van der Waals surface area contributed by atoms with Gasteiger partial charge in [-0.2, -0.15) is 13.2 Å². The van der Waals surface area contributed by atoms with Crippen molar-refractivity contribution in [3.05, 3.63) is 35.2 Å². The van der Waals surface area contributed by atoms with Gasteiger partial charge in [-0.05, 0) is 12.1 Å². The molecule has 2 amide bonds. The summed E-state index contributed by atoms with van der Waals surface area (Å²) < 4.78 is 41.9. The number of hydrogen-bond donors (Lipinski definition) is 2. The molecular weight excluding hydrogens is 323 g/mol. The SMILES string of the molecule is O=C(CCNC(=O)c1ccco1)Nc1nc(C(F)(F)F)cs1. The highest BCUT2D eigenvalue weighted by atomic mass is 32.1. The number of rotatable bonds is 5. The van der Waals surface area contributed by atoms with Crippen molar-refractivity contribution < 1.29 is 27.2 Å². The third-order valence-electron chi connectivity index (χ3n) is 2.42. The molecule has 0 radical (unpaired) electrons. The number of carbonyl (C=O) groups is 2. The van der Waals surface area contributed by atoms with Gasteiger partial charge in [0, 0.05) is 18.3 Å². The van der Waals surface area contributed by atoms with Crippen LogP contribution in [0.15, 0.2) is 28.2 Å². The minimum atomic E-state index is -4.55. The zero-order chi connectivity index (χ0) is 16.2. The number of amides is 2. The minimum absolute atomic E-state index is 0.0167. The van der Waals surface area contributed by atoms with Gasteiger partial charge in [-0.15, -0.1) is 11.3 Å². The molecule has 6 nitrogen and oxygen atoms in total. The Morgan fingerprint density at radius 2 is 2.14 bits per heavy atom. The fourth-order valence-corrected chi connectivity index (χ4v) is 2.16. The predicted octanol–water partition coefficient (Wildman–Crippen LogP) is 2.51. The van der Waals surface area contributed by atoms with Crippen LogP contribution >= 0.6 is 11.3 Å². The van der Waals surface area contributed by atoms with Gasteiger partial charge in [0.05, 0.1) is 6.26 Å². The average molecular weight is 333 g/mol. The van der Waals surface area contributed by atoms with Crippen LogP contribution in [0.3, 0.4) is 0 Å². The van der Waals surface area contributed by atoms with Gasteiger partial charge in [0.1, 0.15) is 0 Å². The van der Waals surface area contributed by atoms with Crippen LogP contribution < -0.4 is 10.6 Å². The van der Waals surface area contributed by atoms with Gasteiger partial charge in [0.15, 0.2) is 16.6 Å². The van der Waals surface area contributed by atoms with Crippen molar-refractivity contribution in [1.82, 2.24) is 10.3 Å². The normalized spacial score (nSPS) is 11.2. The van der Waals surface area contributed by atoms with E-state index in [0.29, 0.717) is 11.3 Å². The molecule has 0 saturated heterocycles. The zero-order valence-electron chi connectivity index (χ0n) is 10.9. The first kappa shape index (κ1) is 16.0. The van der Waals surface area contributed by atoms with Crippen LogP contribution in [0.2, 0.25) is 0 Å². The summed E-state index contributed by atoms with van der Waals surface area (Å²) in [6.07, 6.45) is -3.31. The molecule has 2 rings (SSSR count). The molecular formula is C12H10F3N3O3S. The van der Waals surface area contributed by atoms with Crippen LogP contribution in [0.4, 0.5) is 18.3 Å². The molecule has 0 spiro atoms. The van der Waals surface area contributed by atoms with Gasteiger partial charge >= 0.3 is 6.18 Å². The molecule has 22 heavy (non-hydrogen) atoms. The lowest BCUT2D eigenvalue weighted by Gasteiger charge is -2.04. The molecule has 0 atom stereocenters. The van der Waals surface area contributed by atoms with E-state index < -0.39 is 23.7 Å². The first-order chi connectivity index (χ1) is 10.4. The Kier molecular flexibility index (Phi) is 4.81. The monoisotopic (exact) mass is 333 g/mol. The second-order valence-corrected chi connectivity index (χ2v) is 4.93. The molecule has 0 unspecified atom stereocenters. The topological polar surface area (TPSA) is 84.2 Å². The Bertz CT molecular complexity index is 652. The molecule has 2 aromatic heterocycles. The lowest BCUT2D eigenvalue weighted by molar-refractivity contribution is -0.140. The number of thiazole rings is 1. The first-order valence-corrected chi connectivity index (χ1v) is 6.88. The summed E-state index contributed by atoms with van der Waals surface area (Å²) in [6.45, 7) is 0.0167. The van der Waals surface area contributed by atoms with Gasteiger partial charge in [-0.25, -0.2) is 4.98 Å². The maximum absolute atomic E-state index is 12.3. The lowest BCUT2D eigenvalue weighted by Crippen LogP contribution is -2.27. The summed E-state index contributed by atoms with van der Waals surface area (Å²) >= 11 is 0.677. The molecule has 118 valence electrons. The maximum atomic E-state index is 12.3. The van der Waals surface area contributed by atoms with Crippen molar-refractivity contribution in [3.63, 3.8) is 0 Å². The van der Waals surface area contributed by atoms with Gasteiger partial charge in [0.25, 0.3) is 5.91 Å². The van der Waals surface area contributed by atoms with Crippen molar-refractivity contribution in [2.24, 2.45) is 0 Å². The summed E-state index contributed by atoms with van der Waals surface area (Å²) in [4.78, 5) is 26.3. The Morgan fingerprint density at radius 1 is 1.36 bits per heavy atom. The molecule has 10 heteroatoms. The lowest BCUT2D eigenvalue weighted by atomic mass is 10.3. The van der Waals surface area contributed by atoms with E-state index in [4.69, 9.17) is 4.42 Å². The molecule has 0 aromatic carbocycles. The second-order valence-electron chi connectivity index (χ2n) is 4.07. The Labute approximate surface area is 126 Å². The molecule has 2 aromatic rings. The summed E-state index contributed by atoms with van der Waals surface area (Å²) in [5.74, 6) is -0.927. The Morgan fingerprint density at radius 3 is 2.73 bits per heavy atom. The quantitative estimate of drug-likeness (QED) is 0.880. The standard InChI is InChI=1S/C12H10F3N3O3S/c13-12(14,15)8-6-22-11(17-8)18-9(19)3-4-16-10(20)7-2-1-5-21-7/h1-2,5-6H,3-4H2,(H,16,20)(H,17,18,19). The fourth-order valence-electron chi connectivity index (χ4n) is 1.43. The minimum Gasteiger partial charge on any atom is -0.459 e. The number of alkyl halides is 3. The summed E-state index contributed by atoms with van der Waals surface area (Å²) in [6, 6.07) is 3.01. The number of nitrogens with one attached hydrogen (secondary N) is 2. The van der Waals surface area contributed by atoms with Crippen LogP contribution in [-0.4, -0.2) is 23.3 Å². The van der Waals surface area contributed by atoms with E-state index >= 15 is 0 Å². The van der Waals surface area contributed by atoms with Crippen LogP contribution in [0, 0.1) is 0 Å². The number of aromatic nitrogens is 1. The number of carbonyl (C=O) groups excluding carboxylic acids is 2. The van der Waals surface area contributed by atoms with E-state index in [9.17, 15) is 22.8 Å². The fraction of sp³-hybridized carbons (Fsp3) is 0.250. The highest BCUT2D eigenvalue weighted by Gasteiger charge is 2.33.